The van der Waals surface area contributed by atoms with E-state index in [0.717, 1.165) is 25.7 Å². The monoisotopic (exact) mass is 414 g/mol. The average molecular weight is 415 g/mol. The fraction of sp³-hybridized carbons (Fsp3) is 0.857. The van der Waals surface area contributed by atoms with Gasteiger partial charge in [-0.25, -0.2) is 0 Å². The van der Waals surface area contributed by atoms with Gasteiger partial charge in [0, 0.05) is 0 Å². The number of allylic oxidation sites excluding steroid dienone is 3. The topological polar surface area (TPSA) is 40.5 Å². The van der Waals surface area contributed by atoms with Gasteiger partial charge in [0.15, 0.2) is 0 Å². The van der Waals surface area contributed by atoms with Crippen LogP contribution in [0.25, 0.3) is 0 Å². The van der Waals surface area contributed by atoms with Crippen molar-refractivity contribution in [3.05, 3.63) is 23.3 Å². The molecule has 0 aromatic rings. The van der Waals surface area contributed by atoms with Crippen LogP contribution >= 0.6 is 0 Å². The maximum atomic E-state index is 11.1. The highest BCUT2D eigenvalue weighted by Crippen LogP contribution is 2.66. The summed E-state index contributed by atoms with van der Waals surface area (Å²) in [6.07, 6.45) is 13.6. The van der Waals surface area contributed by atoms with Crippen molar-refractivity contribution < 1.29 is 10.2 Å². The van der Waals surface area contributed by atoms with Crippen LogP contribution < -0.4 is 0 Å². The Morgan fingerprint density at radius 1 is 0.967 bits per heavy atom. The van der Waals surface area contributed by atoms with Crippen LogP contribution in [0, 0.1) is 46.3 Å². The average Bonchev–Trinajstić information content (AvgIpc) is 3.04. The summed E-state index contributed by atoms with van der Waals surface area (Å²) in [6.45, 7) is 14.2. The van der Waals surface area contributed by atoms with E-state index in [0.29, 0.717) is 40.9 Å². The van der Waals surface area contributed by atoms with Crippen molar-refractivity contribution in [1.29, 1.82) is 0 Å². The van der Waals surface area contributed by atoms with Gasteiger partial charge in [0.25, 0.3) is 0 Å². The smallest absolute Gasteiger partial charge is 0.0578 e. The predicted molar refractivity (Wildman–Crippen MR) is 125 cm³/mol. The van der Waals surface area contributed by atoms with Crippen LogP contribution in [0.3, 0.4) is 0 Å². The number of aliphatic hydroxyl groups is 2. The van der Waals surface area contributed by atoms with E-state index in [2.05, 4.69) is 53.7 Å². The van der Waals surface area contributed by atoms with Crippen molar-refractivity contribution in [2.24, 2.45) is 46.3 Å². The Bertz CT molecular complexity index is 705. The summed E-state index contributed by atoms with van der Waals surface area (Å²) in [4.78, 5) is 0. The van der Waals surface area contributed by atoms with Crippen LogP contribution in [-0.4, -0.2) is 22.4 Å². The summed E-state index contributed by atoms with van der Waals surface area (Å²) in [5, 5.41) is 21.3. The van der Waals surface area contributed by atoms with Crippen molar-refractivity contribution in [3.63, 3.8) is 0 Å². The van der Waals surface area contributed by atoms with Crippen LogP contribution in [0.15, 0.2) is 23.3 Å². The first-order valence-corrected chi connectivity index (χ1v) is 12.8. The lowest BCUT2D eigenvalue weighted by Crippen LogP contribution is -2.47. The van der Waals surface area contributed by atoms with Gasteiger partial charge in [0.1, 0.15) is 0 Å². The molecule has 0 aromatic heterocycles. The van der Waals surface area contributed by atoms with Gasteiger partial charge in [-0.3, -0.25) is 0 Å². The lowest BCUT2D eigenvalue weighted by molar-refractivity contribution is -0.00814. The summed E-state index contributed by atoms with van der Waals surface area (Å²) in [5.74, 6) is 3.58. The highest BCUT2D eigenvalue weighted by atomic mass is 16.3. The number of aliphatic hydroxyl groups excluding tert-OH is 2. The SMILES string of the molecule is CC(C)[C@@H](C)C[C@@H](O)[C@@H](C)C1CCC2C3=CC=C4C[C@@H](O)CC[C@]4(C)C3CC[C@@]21C. The Hall–Kier alpha value is -0.600. The third-order valence-electron chi connectivity index (χ3n) is 10.6. The standard InChI is InChI=1S/C28H46O2/c1-17(2)18(3)15-26(30)19(4)23-9-10-24-22-8-7-20-16-21(29)11-13-27(20,5)25(22)12-14-28(23,24)6/h7-8,17-19,21,23-26,29-30H,9-16H2,1-6H3/t18-,19-,21-,23?,24?,25?,26+,27-,28+/m0/s1. The van der Waals surface area contributed by atoms with Crippen LogP contribution in [0.1, 0.15) is 92.9 Å². The molecule has 30 heavy (non-hydrogen) atoms. The zero-order valence-electron chi connectivity index (χ0n) is 20.3. The zero-order chi connectivity index (χ0) is 21.8. The van der Waals surface area contributed by atoms with E-state index in [9.17, 15) is 10.2 Å². The number of rotatable bonds is 5. The zero-order valence-corrected chi connectivity index (χ0v) is 20.3. The first kappa shape index (κ1) is 22.6. The molecule has 2 N–H and O–H groups in total. The van der Waals surface area contributed by atoms with E-state index in [4.69, 9.17) is 0 Å². The minimum atomic E-state index is -0.176. The molecule has 3 fully saturated rings. The summed E-state index contributed by atoms with van der Waals surface area (Å²) in [7, 11) is 0. The molecule has 0 spiro atoms. The van der Waals surface area contributed by atoms with Gasteiger partial charge in [-0.1, -0.05) is 64.8 Å². The van der Waals surface area contributed by atoms with Crippen molar-refractivity contribution in [2.75, 3.05) is 0 Å². The molecule has 0 radical (unpaired) electrons. The minimum absolute atomic E-state index is 0.139. The van der Waals surface area contributed by atoms with Crippen LogP contribution in [-0.2, 0) is 0 Å². The molecule has 0 bridgehead atoms. The van der Waals surface area contributed by atoms with Gasteiger partial charge in [0.2, 0.25) is 0 Å². The van der Waals surface area contributed by atoms with Gasteiger partial charge in [-0.2, -0.15) is 0 Å². The molecule has 0 aliphatic heterocycles. The summed E-state index contributed by atoms with van der Waals surface area (Å²) in [5.41, 5.74) is 3.81. The maximum absolute atomic E-state index is 11.1. The quantitative estimate of drug-likeness (QED) is 0.537. The molecule has 9 atom stereocenters. The Balaban J connectivity index is 1.55. The molecule has 0 amide bonds. The number of hydrogen-bond acceptors (Lipinski definition) is 2. The largest absolute Gasteiger partial charge is 0.393 e. The van der Waals surface area contributed by atoms with Crippen molar-refractivity contribution in [1.82, 2.24) is 0 Å². The summed E-state index contributed by atoms with van der Waals surface area (Å²) in [6, 6.07) is 0. The van der Waals surface area contributed by atoms with Crippen LogP contribution in [0.5, 0.6) is 0 Å². The second kappa shape index (κ2) is 8.07. The predicted octanol–water partition coefficient (Wildman–Crippen LogP) is 6.53. The third-order valence-corrected chi connectivity index (χ3v) is 10.6. The highest BCUT2D eigenvalue weighted by Gasteiger charge is 2.57. The molecule has 4 rings (SSSR count). The lowest BCUT2D eigenvalue weighted by atomic mass is 9.50. The molecule has 2 nitrogen and oxygen atoms in total. The summed E-state index contributed by atoms with van der Waals surface area (Å²) < 4.78 is 0. The van der Waals surface area contributed by atoms with Crippen molar-refractivity contribution >= 4 is 0 Å². The molecule has 170 valence electrons. The molecular weight excluding hydrogens is 368 g/mol. The minimum Gasteiger partial charge on any atom is -0.393 e. The second-order valence-electron chi connectivity index (χ2n) is 12.4. The summed E-state index contributed by atoms with van der Waals surface area (Å²) >= 11 is 0. The molecule has 4 aliphatic carbocycles. The normalized spacial score (nSPS) is 43.8. The fourth-order valence-electron chi connectivity index (χ4n) is 8.02. The van der Waals surface area contributed by atoms with Crippen LogP contribution in [0.2, 0.25) is 0 Å². The Labute approximate surface area is 185 Å². The molecule has 3 unspecified atom stereocenters. The number of fused-ring (bicyclic) bond motifs is 5. The van der Waals surface area contributed by atoms with Crippen LogP contribution in [0.4, 0.5) is 0 Å². The first-order valence-electron chi connectivity index (χ1n) is 12.8. The Morgan fingerprint density at radius 3 is 2.40 bits per heavy atom. The second-order valence-corrected chi connectivity index (χ2v) is 12.4. The lowest BCUT2D eigenvalue weighted by Gasteiger charge is -2.55. The van der Waals surface area contributed by atoms with Gasteiger partial charge >= 0.3 is 0 Å². The van der Waals surface area contributed by atoms with Crippen molar-refractivity contribution in [3.8, 4) is 0 Å². The van der Waals surface area contributed by atoms with E-state index in [1.165, 1.54) is 31.3 Å². The van der Waals surface area contributed by atoms with Crippen molar-refractivity contribution in [2.45, 2.75) is 105 Å². The number of hydrogen-bond donors (Lipinski definition) is 2. The Morgan fingerprint density at radius 2 is 1.70 bits per heavy atom. The van der Waals surface area contributed by atoms with Gasteiger partial charge in [-0.15, -0.1) is 0 Å². The van der Waals surface area contributed by atoms with E-state index in [-0.39, 0.29) is 17.6 Å². The van der Waals surface area contributed by atoms with Gasteiger partial charge in [-0.05, 0) is 97.7 Å². The fourth-order valence-corrected chi connectivity index (χ4v) is 8.02. The van der Waals surface area contributed by atoms with E-state index in [1.807, 2.05) is 0 Å². The molecule has 2 heteroatoms. The van der Waals surface area contributed by atoms with Gasteiger partial charge in [0.05, 0.1) is 12.2 Å². The third kappa shape index (κ3) is 3.54. The first-order chi connectivity index (χ1) is 14.1. The highest BCUT2D eigenvalue weighted by molar-refractivity contribution is 5.38. The van der Waals surface area contributed by atoms with E-state index < -0.39 is 0 Å². The molecule has 0 saturated heterocycles. The Kier molecular flexibility index (Phi) is 6.08. The molecule has 0 aromatic carbocycles. The van der Waals surface area contributed by atoms with Gasteiger partial charge < -0.3 is 10.2 Å². The maximum Gasteiger partial charge on any atom is 0.0578 e. The van der Waals surface area contributed by atoms with E-state index >= 15 is 0 Å². The molecule has 3 saturated carbocycles. The molecular formula is C28H46O2. The molecule has 4 aliphatic rings. The molecule has 0 heterocycles. The van der Waals surface area contributed by atoms with E-state index in [1.54, 1.807) is 5.57 Å².